The Morgan fingerprint density at radius 1 is 0.935 bits per heavy atom. The standard InChI is InChI=1S/C24H24N6O/c1-16(2)30-24(31)19(13-14-27-30)21-20(18-11-7-4-8-12-18)28-22(25)23(29-21)26-15-17-9-5-3-6-10-17/h3-14,16H,15H2,1-2H3,(H2,25,28)(H,26,29). The monoisotopic (exact) mass is 412 g/mol. The highest BCUT2D eigenvalue weighted by molar-refractivity contribution is 5.80. The van der Waals surface area contributed by atoms with E-state index in [9.17, 15) is 4.79 Å². The summed E-state index contributed by atoms with van der Waals surface area (Å²) in [7, 11) is 0. The summed E-state index contributed by atoms with van der Waals surface area (Å²) in [6.45, 7) is 4.37. The molecule has 31 heavy (non-hydrogen) atoms. The molecule has 0 bridgehead atoms. The lowest BCUT2D eigenvalue weighted by atomic mass is 10.1. The van der Waals surface area contributed by atoms with Crippen LogP contribution in [0.25, 0.3) is 22.5 Å². The molecule has 4 aromatic rings. The molecule has 0 fully saturated rings. The molecule has 2 aromatic heterocycles. The maximum atomic E-state index is 13.2. The predicted octanol–water partition coefficient (Wildman–Crippen LogP) is 4.14. The summed E-state index contributed by atoms with van der Waals surface area (Å²) >= 11 is 0. The van der Waals surface area contributed by atoms with Crippen molar-refractivity contribution >= 4 is 11.6 Å². The van der Waals surface area contributed by atoms with Gasteiger partial charge in [-0.05, 0) is 25.5 Å². The largest absolute Gasteiger partial charge is 0.381 e. The number of nitrogens with two attached hydrogens (primary N) is 1. The fourth-order valence-electron chi connectivity index (χ4n) is 3.32. The second-order valence-electron chi connectivity index (χ2n) is 7.45. The second kappa shape index (κ2) is 8.79. The van der Waals surface area contributed by atoms with Gasteiger partial charge in [0.05, 0.1) is 17.3 Å². The Kier molecular flexibility index (Phi) is 5.75. The van der Waals surface area contributed by atoms with Crippen molar-refractivity contribution in [2.45, 2.75) is 26.4 Å². The molecule has 0 spiro atoms. The van der Waals surface area contributed by atoms with Gasteiger partial charge in [0.25, 0.3) is 5.56 Å². The molecule has 0 unspecified atom stereocenters. The number of nitrogen functional groups attached to an aromatic ring is 1. The molecule has 2 heterocycles. The van der Waals surface area contributed by atoms with Gasteiger partial charge in [-0.3, -0.25) is 4.79 Å². The summed E-state index contributed by atoms with van der Waals surface area (Å²) in [5, 5.41) is 7.45. The third-order valence-corrected chi connectivity index (χ3v) is 4.89. The summed E-state index contributed by atoms with van der Waals surface area (Å²) in [4.78, 5) is 22.5. The third-order valence-electron chi connectivity index (χ3n) is 4.89. The number of nitrogens with zero attached hydrogens (tertiary/aromatic N) is 4. The van der Waals surface area contributed by atoms with E-state index in [-0.39, 0.29) is 17.4 Å². The molecule has 0 aliphatic carbocycles. The quantitative estimate of drug-likeness (QED) is 0.494. The summed E-state index contributed by atoms with van der Waals surface area (Å²) in [6, 6.07) is 21.1. The number of benzene rings is 2. The second-order valence-corrected chi connectivity index (χ2v) is 7.45. The lowest BCUT2D eigenvalue weighted by Crippen LogP contribution is -2.26. The van der Waals surface area contributed by atoms with Gasteiger partial charge in [0, 0.05) is 18.3 Å². The van der Waals surface area contributed by atoms with Crippen LogP contribution in [-0.4, -0.2) is 19.7 Å². The molecule has 0 aliphatic heterocycles. The van der Waals surface area contributed by atoms with Crippen molar-refractivity contribution in [3.05, 3.63) is 88.8 Å². The van der Waals surface area contributed by atoms with Gasteiger partial charge < -0.3 is 11.1 Å². The number of nitrogens with one attached hydrogen (secondary N) is 1. The number of aromatic nitrogens is 4. The number of hydrogen-bond donors (Lipinski definition) is 2. The topological polar surface area (TPSA) is 98.7 Å². The molecule has 7 nitrogen and oxygen atoms in total. The predicted molar refractivity (Wildman–Crippen MR) is 124 cm³/mol. The minimum Gasteiger partial charge on any atom is -0.381 e. The van der Waals surface area contributed by atoms with Crippen LogP contribution in [0.4, 0.5) is 11.6 Å². The van der Waals surface area contributed by atoms with Gasteiger partial charge in [-0.2, -0.15) is 5.10 Å². The molecule has 2 aromatic carbocycles. The van der Waals surface area contributed by atoms with E-state index >= 15 is 0 Å². The molecule has 0 saturated carbocycles. The van der Waals surface area contributed by atoms with Gasteiger partial charge in [-0.25, -0.2) is 14.6 Å². The molecule has 0 aliphatic rings. The third kappa shape index (κ3) is 4.30. The summed E-state index contributed by atoms with van der Waals surface area (Å²) in [6.07, 6.45) is 1.61. The molecule has 4 rings (SSSR count). The van der Waals surface area contributed by atoms with Gasteiger partial charge >= 0.3 is 0 Å². The smallest absolute Gasteiger partial charge is 0.276 e. The van der Waals surface area contributed by atoms with E-state index < -0.39 is 0 Å². The number of hydrogen-bond acceptors (Lipinski definition) is 6. The summed E-state index contributed by atoms with van der Waals surface area (Å²) < 4.78 is 1.44. The molecule has 3 N–H and O–H groups in total. The van der Waals surface area contributed by atoms with E-state index in [0.29, 0.717) is 29.3 Å². The van der Waals surface area contributed by atoms with Gasteiger partial charge in [-0.1, -0.05) is 60.7 Å². The molecular formula is C24H24N6O. The molecule has 0 saturated heterocycles. The average molecular weight is 412 g/mol. The van der Waals surface area contributed by atoms with Crippen LogP contribution in [0.2, 0.25) is 0 Å². The van der Waals surface area contributed by atoms with Gasteiger partial charge in [0.1, 0.15) is 5.69 Å². The molecule has 0 amide bonds. The van der Waals surface area contributed by atoms with E-state index in [2.05, 4.69) is 15.4 Å². The zero-order chi connectivity index (χ0) is 21.8. The molecular weight excluding hydrogens is 388 g/mol. The molecule has 0 atom stereocenters. The first-order valence-corrected chi connectivity index (χ1v) is 10.1. The molecule has 156 valence electrons. The van der Waals surface area contributed by atoms with Crippen LogP contribution in [0.5, 0.6) is 0 Å². The summed E-state index contributed by atoms with van der Waals surface area (Å²) in [5.74, 6) is 0.711. The Bertz CT molecular complexity index is 1240. The van der Waals surface area contributed by atoms with Crippen LogP contribution in [0.15, 0.2) is 77.7 Å². The van der Waals surface area contributed by atoms with Gasteiger partial charge in [-0.15, -0.1) is 0 Å². The van der Waals surface area contributed by atoms with Crippen LogP contribution in [-0.2, 0) is 6.54 Å². The van der Waals surface area contributed by atoms with Crippen molar-refractivity contribution in [3.63, 3.8) is 0 Å². The van der Waals surface area contributed by atoms with Crippen molar-refractivity contribution in [2.24, 2.45) is 0 Å². The SMILES string of the molecule is CC(C)n1nccc(-c2nc(NCc3ccccc3)c(N)nc2-c2ccccc2)c1=O. The Morgan fingerprint density at radius 3 is 2.29 bits per heavy atom. The zero-order valence-electron chi connectivity index (χ0n) is 17.5. The van der Waals surface area contributed by atoms with Crippen molar-refractivity contribution in [1.29, 1.82) is 0 Å². The van der Waals surface area contributed by atoms with Gasteiger partial charge in [0.15, 0.2) is 11.6 Å². The number of anilines is 2. The Labute approximate surface area is 180 Å². The van der Waals surface area contributed by atoms with Gasteiger partial charge in [0.2, 0.25) is 0 Å². The van der Waals surface area contributed by atoms with E-state index in [0.717, 1.165) is 11.1 Å². The fraction of sp³-hybridized carbons (Fsp3) is 0.167. The van der Waals surface area contributed by atoms with Crippen LogP contribution in [0, 0.1) is 0 Å². The normalized spacial score (nSPS) is 10.9. The maximum absolute atomic E-state index is 13.2. The van der Waals surface area contributed by atoms with Crippen LogP contribution >= 0.6 is 0 Å². The van der Waals surface area contributed by atoms with Crippen molar-refractivity contribution < 1.29 is 0 Å². The van der Waals surface area contributed by atoms with Crippen LogP contribution in [0.3, 0.4) is 0 Å². The van der Waals surface area contributed by atoms with Crippen molar-refractivity contribution in [2.75, 3.05) is 11.1 Å². The first-order valence-electron chi connectivity index (χ1n) is 10.1. The molecule has 0 radical (unpaired) electrons. The average Bonchev–Trinajstić information content (AvgIpc) is 2.79. The minimum atomic E-state index is -0.220. The lowest BCUT2D eigenvalue weighted by molar-refractivity contribution is 0.503. The Morgan fingerprint density at radius 2 is 1.61 bits per heavy atom. The maximum Gasteiger partial charge on any atom is 0.276 e. The zero-order valence-corrected chi connectivity index (χ0v) is 17.5. The van der Waals surface area contributed by atoms with Crippen molar-refractivity contribution in [3.8, 4) is 22.5 Å². The lowest BCUT2D eigenvalue weighted by Gasteiger charge is -2.15. The highest BCUT2D eigenvalue weighted by Gasteiger charge is 2.19. The van der Waals surface area contributed by atoms with E-state index in [1.165, 1.54) is 4.68 Å². The summed E-state index contributed by atoms with van der Waals surface area (Å²) in [5.41, 5.74) is 9.41. The minimum absolute atomic E-state index is 0.0787. The highest BCUT2D eigenvalue weighted by Crippen LogP contribution is 2.31. The van der Waals surface area contributed by atoms with Crippen LogP contribution < -0.4 is 16.6 Å². The van der Waals surface area contributed by atoms with Crippen LogP contribution in [0.1, 0.15) is 25.5 Å². The van der Waals surface area contributed by atoms with E-state index in [1.54, 1.807) is 12.3 Å². The fourth-order valence-corrected chi connectivity index (χ4v) is 3.32. The molecule has 7 heteroatoms. The first kappa shape index (κ1) is 20.3. The Hall–Kier alpha value is -4.00. The van der Waals surface area contributed by atoms with E-state index in [1.807, 2.05) is 74.5 Å². The first-order chi connectivity index (χ1) is 15.0. The van der Waals surface area contributed by atoms with E-state index in [4.69, 9.17) is 10.7 Å². The number of rotatable bonds is 6. The van der Waals surface area contributed by atoms with Crippen molar-refractivity contribution in [1.82, 2.24) is 19.7 Å². The highest BCUT2D eigenvalue weighted by atomic mass is 16.1. The Balaban J connectivity index is 1.85.